The number of hydrogen-bond acceptors (Lipinski definition) is 5. The summed E-state index contributed by atoms with van der Waals surface area (Å²) >= 11 is 0. The van der Waals surface area contributed by atoms with Crippen molar-refractivity contribution >= 4 is 28.7 Å². The lowest BCUT2D eigenvalue weighted by Crippen LogP contribution is -2.42. The molecule has 7 heteroatoms. The highest BCUT2D eigenvalue weighted by Gasteiger charge is 2.23. The lowest BCUT2D eigenvalue weighted by molar-refractivity contribution is -0.148. The lowest BCUT2D eigenvalue weighted by Gasteiger charge is -2.17. The maximum atomic E-state index is 12.4. The summed E-state index contributed by atoms with van der Waals surface area (Å²) in [7, 11) is 0. The van der Waals surface area contributed by atoms with E-state index in [1.807, 2.05) is 24.3 Å². The predicted octanol–water partition coefficient (Wildman–Crippen LogP) is 2.10. The van der Waals surface area contributed by atoms with Crippen LogP contribution in [0.2, 0.25) is 0 Å². The van der Waals surface area contributed by atoms with Gasteiger partial charge in [0.2, 0.25) is 5.91 Å². The van der Waals surface area contributed by atoms with E-state index in [2.05, 4.69) is 10.3 Å². The summed E-state index contributed by atoms with van der Waals surface area (Å²) in [5, 5.41) is 3.63. The van der Waals surface area contributed by atoms with Crippen LogP contribution in [-0.2, 0) is 30.3 Å². The number of rotatable bonds is 9. The van der Waals surface area contributed by atoms with E-state index in [9.17, 15) is 14.4 Å². The van der Waals surface area contributed by atoms with Crippen LogP contribution in [0.1, 0.15) is 32.3 Å². The van der Waals surface area contributed by atoms with E-state index >= 15 is 0 Å². The molecule has 1 aromatic heterocycles. The largest absolute Gasteiger partial charge is 0.466 e. The van der Waals surface area contributed by atoms with Gasteiger partial charge in [0.05, 0.1) is 19.6 Å². The van der Waals surface area contributed by atoms with Crippen molar-refractivity contribution in [3.8, 4) is 0 Å². The molecular weight excluding hydrogens is 336 g/mol. The molecule has 0 bridgehead atoms. The van der Waals surface area contributed by atoms with Crippen LogP contribution in [0.4, 0.5) is 0 Å². The van der Waals surface area contributed by atoms with Crippen LogP contribution in [-0.4, -0.2) is 42.1 Å². The smallest absolute Gasteiger partial charge is 0.328 e. The molecular formula is C19H24N2O5. The molecule has 0 aliphatic rings. The number of amides is 1. The monoisotopic (exact) mass is 360 g/mol. The van der Waals surface area contributed by atoms with Gasteiger partial charge in [0.15, 0.2) is 0 Å². The molecule has 1 atom stereocenters. The van der Waals surface area contributed by atoms with Gasteiger partial charge in [0, 0.05) is 23.5 Å². The lowest BCUT2D eigenvalue weighted by atomic mass is 10.1. The quantitative estimate of drug-likeness (QED) is 0.668. The van der Waals surface area contributed by atoms with Crippen LogP contribution in [0.3, 0.4) is 0 Å². The SMILES string of the molecule is CCOC(=O)CCC(NC(=O)Cc1c[nH]c2ccccc12)C(=O)OCC. The summed E-state index contributed by atoms with van der Waals surface area (Å²) in [6.07, 6.45) is 2.07. The van der Waals surface area contributed by atoms with Gasteiger partial charge in [-0.25, -0.2) is 4.79 Å². The van der Waals surface area contributed by atoms with Gasteiger partial charge in [-0.3, -0.25) is 9.59 Å². The Hall–Kier alpha value is -2.83. The van der Waals surface area contributed by atoms with Gasteiger partial charge in [0.25, 0.3) is 0 Å². The molecule has 0 fully saturated rings. The number of esters is 2. The minimum absolute atomic E-state index is 0.0324. The van der Waals surface area contributed by atoms with Gasteiger partial charge in [-0.05, 0) is 31.9 Å². The van der Waals surface area contributed by atoms with Gasteiger partial charge in [-0.15, -0.1) is 0 Å². The molecule has 1 heterocycles. The van der Waals surface area contributed by atoms with Crippen molar-refractivity contribution in [2.24, 2.45) is 0 Å². The van der Waals surface area contributed by atoms with Crippen molar-refractivity contribution in [1.29, 1.82) is 0 Å². The standard InChI is InChI=1S/C19H24N2O5/c1-3-25-18(23)10-9-16(19(24)26-4-2)21-17(22)11-13-12-20-15-8-6-5-7-14(13)15/h5-8,12,16,20H,3-4,9-11H2,1-2H3,(H,21,22). The summed E-state index contributed by atoms with van der Waals surface area (Å²) in [4.78, 5) is 39.1. The Labute approximate surface area is 152 Å². The molecule has 1 aromatic carbocycles. The van der Waals surface area contributed by atoms with Gasteiger partial charge >= 0.3 is 11.9 Å². The van der Waals surface area contributed by atoms with Crippen molar-refractivity contribution in [3.63, 3.8) is 0 Å². The Balaban J connectivity index is 2.00. The van der Waals surface area contributed by atoms with Gasteiger partial charge in [0.1, 0.15) is 6.04 Å². The average molecular weight is 360 g/mol. The van der Waals surface area contributed by atoms with Gasteiger partial charge < -0.3 is 19.8 Å². The third-order valence-corrected chi connectivity index (χ3v) is 3.87. The molecule has 0 radical (unpaired) electrons. The minimum atomic E-state index is -0.878. The molecule has 0 saturated heterocycles. The van der Waals surface area contributed by atoms with Gasteiger partial charge in [-0.2, -0.15) is 0 Å². The molecule has 1 unspecified atom stereocenters. The first-order valence-corrected chi connectivity index (χ1v) is 8.71. The number of carbonyl (C=O) groups excluding carboxylic acids is 3. The number of para-hydroxylation sites is 1. The van der Waals surface area contributed by atoms with Crippen molar-refractivity contribution in [3.05, 3.63) is 36.0 Å². The van der Waals surface area contributed by atoms with E-state index in [-0.39, 0.29) is 38.4 Å². The molecule has 0 aliphatic heterocycles. The third kappa shape index (κ3) is 5.34. The van der Waals surface area contributed by atoms with Crippen molar-refractivity contribution < 1.29 is 23.9 Å². The summed E-state index contributed by atoms with van der Waals surface area (Å²) in [6.45, 7) is 3.88. The molecule has 2 N–H and O–H groups in total. The van der Waals surface area contributed by atoms with Crippen LogP contribution in [0.25, 0.3) is 10.9 Å². The Morgan fingerprint density at radius 2 is 1.85 bits per heavy atom. The number of nitrogens with one attached hydrogen (secondary N) is 2. The number of ether oxygens (including phenoxy) is 2. The highest BCUT2D eigenvalue weighted by atomic mass is 16.5. The number of benzene rings is 1. The third-order valence-electron chi connectivity index (χ3n) is 3.87. The van der Waals surface area contributed by atoms with Crippen molar-refractivity contribution in [2.45, 2.75) is 39.2 Å². The first-order valence-electron chi connectivity index (χ1n) is 8.71. The Morgan fingerprint density at radius 1 is 1.12 bits per heavy atom. The molecule has 26 heavy (non-hydrogen) atoms. The fourth-order valence-corrected chi connectivity index (χ4v) is 2.68. The fourth-order valence-electron chi connectivity index (χ4n) is 2.68. The van der Waals surface area contributed by atoms with E-state index < -0.39 is 18.0 Å². The van der Waals surface area contributed by atoms with E-state index in [0.29, 0.717) is 0 Å². The highest BCUT2D eigenvalue weighted by Crippen LogP contribution is 2.18. The molecule has 2 rings (SSSR count). The number of carbonyl (C=O) groups is 3. The normalized spacial score (nSPS) is 11.8. The number of fused-ring (bicyclic) bond motifs is 1. The number of aromatic amines is 1. The van der Waals surface area contributed by atoms with E-state index in [0.717, 1.165) is 16.5 Å². The maximum Gasteiger partial charge on any atom is 0.328 e. The van der Waals surface area contributed by atoms with Crippen LogP contribution in [0.15, 0.2) is 30.5 Å². The molecule has 1 amide bonds. The fraction of sp³-hybridized carbons (Fsp3) is 0.421. The topological polar surface area (TPSA) is 97.5 Å². The Bertz CT molecular complexity index is 768. The van der Waals surface area contributed by atoms with Crippen molar-refractivity contribution in [2.75, 3.05) is 13.2 Å². The van der Waals surface area contributed by atoms with E-state index in [1.54, 1.807) is 20.0 Å². The molecule has 7 nitrogen and oxygen atoms in total. The first-order chi connectivity index (χ1) is 12.5. The number of hydrogen-bond donors (Lipinski definition) is 2. The second kappa shape index (κ2) is 9.60. The molecule has 0 saturated carbocycles. The zero-order valence-electron chi connectivity index (χ0n) is 15.0. The molecule has 0 spiro atoms. The Morgan fingerprint density at radius 3 is 2.58 bits per heavy atom. The summed E-state index contributed by atoms with van der Waals surface area (Å²) in [5.74, 6) is -1.27. The van der Waals surface area contributed by atoms with Crippen molar-refractivity contribution in [1.82, 2.24) is 10.3 Å². The zero-order chi connectivity index (χ0) is 18.9. The van der Waals surface area contributed by atoms with Gasteiger partial charge in [-0.1, -0.05) is 18.2 Å². The van der Waals surface area contributed by atoms with Crippen LogP contribution >= 0.6 is 0 Å². The molecule has 0 aliphatic carbocycles. The second-order valence-electron chi connectivity index (χ2n) is 5.75. The molecule has 2 aromatic rings. The predicted molar refractivity (Wildman–Crippen MR) is 96.4 cm³/mol. The van der Waals surface area contributed by atoms with Crippen LogP contribution in [0, 0.1) is 0 Å². The van der Waals surface area contributed by atoms with E-state index in [4.69, 9.17) is 9.47 Å². The van der Waals surface area contributed by atoms with Crippen LogP contribution in [0.5, 0.6) is 0 Å². The zero-order valence-corrected chi connectivity index (χ0v) is 15.0. The summed E-state index contributed by atoms with van der Waals surface area (Å²) < 4.78 is 9.85. The second-order valence-corrected chi connectivity index (χ2v) is 5.75. The number of H-pyrrole nitrogens is 1. The van der Waals surface area contributed by atoms with Crippen LogP contribution < -0.4 is 5.32 Å². The maximum absolute atomic E-state index is 12.4. The highest BCUT2D eigenvalue weighted by molar-refractivity contribution is 5.91. The average Bonchev–Trinajstić information content (AvgIpc) is 3.02. The summed E-state index contributed by atoms with van der Waals surface area (Å²) in [5.41, 5.74) is 1.78. The van der Waals surface area contributed by atoms with E-state index in [1.165, 1.54) is 0 Å². The number of aromatic nitrogens is 1. The minimum Gasteiger partial charge on any atom is -0.466 e. The summed E-state index contributed by atoms with van der Waals surface area (Å²) in [6, 6.07) is 6.79. The molecule has 140 valence electrons. The first kappa shape index (κ1) is 19.5. The Kier molecular flexibility index (Phi) is 7.20.